The van der Waals surface area contributed by atoms with Crippen molar-refractivity contribution in [2.45, 2.75) is 58.8 Å². The second-order valence-corrected chi connectivity index (χ2v) is 8.59. The highest BCUT2D eigenvalue weighted by atomic mass is 16.5. The summed E-state index contributed by atoms with van der Waals surface area (Å²) in [6, 6.07) is 15.1. The molecule has 0 saturated heterocycles. The van der Waals surface area contributed by atoms with Crippen LogP contribution in [0, 0.1) is 0 Å². The minimum absolute atomic E-state index is 0.279. The van der Waals surface area contributed by atoms with Crippen molar-refractivity contribution in [3.8, 4) is 11.5 Å². The van der Waals surface area contributed by atoms with Gasteiger partial charge < -0.3 is 14.2 Å². The fourth-order valence-corrected chi connectivity index (χ4v) is 2.62. The lowest BCUT2D eigenvalue weighted by atomic mass is 10.0. The monoisotopic (exact) mass is 382 g/mol. The Bertz CT molecular complexity index is 731. The molecule has 0 aliphatic heterocycles. The Morgan fingerprint density at radius 3 is 1.43 bits per heavy atom. The molecule has 0 spiro atoms. The van der Waals surface area contributed by atoms with Crippen LogP contribution >= 0.6 is 0 Å². The van der Waals surface area contributed by atoms with Gasteiger partial charge in [0.15, 0.2) is 6.10 Å². The molecule has 2 aromatic rings. The SMILES string of the molecule is C=CC(=O)OC(c1ccc(OC(C)(C)C)cc1)c1ccc(OC(C)(C)C)cc1. The van der Waals surface area contributed by atoms with Gasteiger partial charge in [-0.2, -0.15) is 0 Å². The third-order valence-electron chi connectivity index (χ3n) is 3.61. The molecule has 0 amide bonds. The van der Waals surface area contributed by atoms with E-state index in [-0.39, 0.29) is 11.2 Å². The first-order chi connectivity index (χ1) is 13.0. The van der Waals surface area contributed by atoms with Crippen molar-refractivity contribution in [1.82, 2.24) is 0 Å². The molecular formula is C24H30O4. The smallest absolute Gasteiger partial charge is 0.331 e. The molecule has 4 nitrogen and oxygen atoms in total. The van der Waals surface area contributed by atoms with Crippen LogP contribution in [0.25, 0.3) is 0 Å². The highest BCUT2D eigenvalue weighted by Crippen LogP contribution is 2.30. The molecule has 0 heterocycles. The molecule has 150 valence electrons. The average molecular weight is 383 g/mol. The number of rotatable bonds is 6. The highest BCUT2D eigenvalue weighted by Gasteiger charge is 2.20. The van der Waals surface area contributed by atoms with Crippen molar-refractivity contribution in [3.05, 3.63) is 72.3 Å². The van der Waals surface area contributed by atoms with E-state index >= 15 is 0 Å². The summed E-state index contributed by atoms with van der Waals surface area (Å²) in [6.45, 7) is 15.5. The molecule has 0 aromatic heterocycles. The van der Waals surface area contributed by atoms with Crippen molar-refractivity contribution in [3.63, 3.8) is 0 Å². The summed E-state index contributed by atoms with van der Waals surface area (Å²) in [5.74, 6) is 1.05. The van der Waals surface area contributed by atoms with Crippen LogP contribution in [0.5, 0.6) is 11.5 Å². The summed E-state index contributed by atoms with van der Waals surface area (Å²) in [7, 11) is 0. The molecule has 0 bridgehead atoms. The van der Waals surface area contributed by atoms with E-state index < -0.39 is 12.1 Å². The molecule has 0 fully saturated rings. The Morgan fingerprint density at radius 1 is 0.786 bits per heavy atom. The summed E-state index contributed by atoms with van der Waals surface area (Å²) in [5, 5.41) is 0. The van der Waals surface area contributed by atoms with Gasteiger partial charge in [0.25, 0.3) is 0 Å². The maximum atomic E-state index is 11.9. The van der Waals surface area contributed by atoms with E-state index in [0.717, 1.165) is 22.6 Å². The van der Waals surface area contributed by atoms with Crippen molar-refractivity contribution < 1.29 is 19.0 Å². The summed E-state index contributed by atoms with van der Waals surface area (Å²) < 4.78 is 17.3. The van der Waals surface area contributed by atoms with Gasteiger partial charge in [0.2, 0.25) is 0 Å². The first-order valence-corrected chi connectivity index (χ1v) is 9.38. The maximum Gasteiger partial charge on any atom is 0.331 e. The van der Waals surface area contributed by atoms with Gasteiger partial charge in [-0.05, 0) is 76.9 Å². The van der Waals surface area contributed by atoms with Crippen LogP contribution in [-0.2, 0) is 9.53 Å². The minimum atomic E-state index is -0.544. The van der Waals surface area contributed by atoms with Crippen molar-refractivity contribution in [2.75, 3.05) is 0 Å². The highest BCUT2D eigenvalue weighted by molar-refractivity contribution is 5.81. The van der Waals surface area contributed by atoms with Crippen LogP contribution in [-0.4, -0.2) is 17.2 Å². The van der Waals surface area contributed by atoms with Crippen LogP contribution < -0.4 is 9.47 Å². The number of carbonyl (C=O) groups is 1. The number of carbonyl (C=O) groups excluding carboxylic acids is 1. The van der Waals surface area contributed by atoms with Crippen LogP contribution in [0.1, 0.15) is 58.8 Å². The normalized spacial score (nSPS) is 11.8. The molecule has 2 rings (SSSR count). The summed E-state index contributed by atoms with van der Waals surface area (Å²) in [6.07, 6.45) is 0.624. The molecular weight excluding hydrogens is 352 g/mol. The zero-order chi connectivity index (χ0) is 20.9. The number of benzene rings is 2. The maximum absolute atomic E-state index is 11.9. The van der Waals surface area contributed by atoms with E-state index in [4.69, 9.17) is 14.2 Å². The lowest BCUT2D eigenvalue weighted by Gasteiger charge is -2.23. The average Bonchev–Trinajstić information content (AvgIpc) is 2.58. The predicted molar refractivity (Wildman–Crippen MR) is 112 cm³/mol. The van der Waals surface area contributed by atoms with E-state index in [9.17, 15) is 4.79 Å². The Kier molecular flexibility index (Phi) is 6.55. The van der Waals surface area contributed by atoms with Gasteiger partial charge in [0, 0.05) is 6.08 Å². The second kappa shape index (κ2) is 8.51. The lowest BCUT2D eigenvalue weighted by Crippen LogP contribution is -2.23. The van der Waals surface area contributed by atoms with Gasteiger partial charge in [0.1, 0.15) is 22.7 Å². The van der Waals surface area contributed by atoms with Gasteiger partial charge in [-0.15, -0.1) is 0 Å². The number of ether oxygens (including phenoxy) is 3. The van der Waals surface area contributed by atoms with Gasteiger partial charge in [-0.25, -0.2) is 4.79 Å². The first-order valence-electron chi connectivity index (χ1n) is 9.38. The van der Waals surface area contributed by atoms with Crippen LogP contribution in [0.4, 0.5) is 0 Å². The van der Waals surface area contributed by atoms with Crippen LogP contribution in [0.2, 0.25) is 0 Å². The lowest BCUT2D eigenvalue weighted by molar-refractivity contribution is -0.141. The predicted octanol–water partition coefficient (Wildman–Crippen LogP) is 5.86. The second-order valence-electron chi connectivity index (χ2n) is 8.59. The molecule has 2 aromatic carbocycles. The Balaban J connectivity index is 2.29. The standard InChI is InChI=1S/C24H30O4/c1-8-21(25)26-22(17-9-13-19(14-10-17)27-23(2,3)4)18-11-15-20(16-12-18)28-24(5,6)7/h8-16,22H,1H2,2-7H3. The van der Waals surface area contributed by atoms with Crippen molar-refractivity contribution in [1.29, 1.82) is 0 Å². The Hall–Kier alpha value is -2.75. The Morgan fingerprint density at radius 2 is 1.14 bits per heavy atom. The fraction of sp³-hybridized carbons (Fsp3) is 0.375. The number of esters is 1. The minimum Gasteiger partial charge on any atom is -0.488 e. The van der Waals surface area contributed by atoms with Crippen molar-refractivity contribution in [2.24, 2.45) is 0 Å². The Labute approximate surface area is 168 Å². The van der Waals surface area contributed by atoms with E-state index in [1.54, 1.807) is 0 Å². The van der Waals surface area contributed by atoms with Gasteiger partial charge in [0.05, 0.1) is 0 Å². The fourth-order valence-electron chi connectivity index (χ4n) is 2.62. The first kappa shape index (κ1) is 21.5. The molecule has 0 unspecified atom stereocenters. The molecule has 0 aliphatic rings. The van der Waals surface area contributed by atoms with Gasteiger partial charge >= 0.3 is 5.97 Å². The quantitative estimate of drug-likeness (QED) is 0.464. The molecule has 0 atom stereocenters. The van der Waals surface area contributed by atoms with Gasteiger partial charge in [-0.3, -0.25) is 0 Å². The molecule has 0 saturated carbocycles. The molecule has 0 N–H and O–H groups in total. The summed E-state index contributed by atoms with van der Waals surface area (Å²) in [4.78, 5) is 11.9. The molecule has 0 radical (unpaired) electrons. The third kappa shape index (κ3) is 6.76. The largest absolute Gasteiger partial charge is 0.488 e. The van der Waals surface area contributed by atoms with Crippen molar-refractivity contribution >= 4 is 5.97 Å². The van der Waals surface area contributed by atoms with Crippen LogP contribution in [0.15, 0.2) is 61.2 Å². The molecule has 0 aliphatic carbocycles. The topological polar surface area (TPSA) is 44.8 Å². The zero-order valence-electron chi connectivity index (χ0n) is 17.6. The molecule has 4 heteroatoms. The van der Waals surface area contributed by atoms with Crippen LogP contribution in [0.3, 0.4) is 0 Å². The van der Waals surface area contributed by atoms with E-state index in [1.165, 1.54) is 6.08 Å². The van der Waals surface area contributed by atoms with E-state index in [0.29, 0.717) is 0 Å². The van der Waals surface area contributed by atoms with Gasteiger partial charge in [-0.1, -0.05) is 30.8 Å². The number of hydrogen-bond acceptors (Lipinski definition) is 4. The molecule has 28 heavy (non-hydrogen) atoms. The van der Waals surface area contributed by atoms with E-state index in [1.807, 2.05) is 90.1 Å². The zero-order valence-corrected chi connectivity index (χ0v) is 17.6. The summed E-state index contributed by atoms with van der Waals surface area (Å²) >= 11 is 0. The van der Waals surface area contributed by atoms with E-state index in [2.05, 4.69) is 6.58 Å². The number of hydrogen-bond donors (Lipinski definition) is 0. The third-order valence-corrected chi connectivity index (χ3v) is 3.61. The summed E-state index contributed by atoms with van der Waals surface area (Å²) in [5.41, 5.74) is 1.14.